The van der Waals surface area contributed by atoms with E-state index in [0.29, 0.717) is 18.0 Å². The number of halogens is 2. The predicted molar refractivity (Wildman–Crippen MR) is 60.6 cm³/mol. The maximum absolute atomic E-state index is 12.2. The molecule has 2 heterocycles. The molecule has 0 aromatic carbocycles. The fraction of sp³-hybridized carbons (Fsp3) is 0.250. The van der Waals surface area contributed by atoms with Gasteiger partial charge >= 0.3 is 0 Å². The van der Waals surface area contributed by atoms with Crippen molar-refractivity contribution in [3.05, 3.63) is 16.1 Å². The Balaban J connectivity index is 2.71. The molecule has 2 rings (SSSR count). The number of anilines is 1. The summed E-state index contributed by atoms with van der Waals surface area (Å²) in [5.41, 5.74) is 6.40. The van der Waals surface area contributed by atoms with E-state index in [-0.39, 0.29) is 0 Å². The zero-order valence-electron chi connectivity index (χ0n) is 7.24. The van der Waals surface area contributed by atoms with Crippen LogP contribution in [0.15, 0.2) is 12.5 Å². The Morgan fingerprint density at radius 3 is 3.00 bits per heavy atom. The molecule has 2 aromatic heterocycles. The highest BCUT2D eigenvalue weighted by atomic mass is 127. The third-order valence-corrected chi connectivity index (χ3v) is 2.78. The quantitative estimate of drug-likeness (QED) is 0.857. The zero-order chi connectivity index (χ0) is 10.1. The molecule has 4 nitrogen and oxygen atoms in total. The van der Waals surface area contributed by atoms with Crippen LogP contribution < -0.4 is 5.73 Å². The largest absolute Gasteiger partial charge is 0.383 e. The van der Waals surface area contributed by atoms with Crippen molar-refractivity contribution in [3.63, 3.8) is 0 Å². The summed E-state index contributed by atoms with van der Waals surface area (Å²) >= 11 is 2.14. The van der Waals surface area contributed by atoms with Gasteiger partial charge in [-0.05, 0) is 22.6 Å². The third-order valence-electron chi connectivity index (χ3n) is 1.96. The van der Waals surface area contributed by atoms with Gasteiger partial charge in [0.1, 0.15) is 24.5 Å². The van der Waals surface area contributed by atoms with Gasteiger partial charge in [0.25, 0.3) is 0 Å². The van der Waals surface area contributed by atoms with E-state index in [4.69, 9.17) is 5.73 Å². The fourth-order valence-electron chi connectivity index (χ4n) is 1.36. The molecule has 0 fully saturated rings. The number of nitrogen functional groups attached to an aromatic ring is 1. The van der Waals surface area contributed by atoms with Crippen LogP contribution in [0, 0.1) is 3.57 Å². The number of nitrogens with two attached hydrogens (primary N) is 1. The van der Waals surface area contributed by atoms with Crippen molar-refractivity contribution < 1.29 is 4.39 Å². The Bertz CT molecular complexity index is 468. The monoisotopic (exact) mass is 306 g/mol. The molecule has 0 bridgehead atoms. The van der Waals surface area contributed by atoms with Crippen LogP contribution in [-0.2, 0) is 6.54 Å². The van der Waals surface area contributed by atoms with Crippen molar-refractivity contribution in [1.82, 2.24) is 14.5 Å². The minimum atomic E-state index is -0.413. The molecule has 0 amide bonds. The number of aryl methyl sites for hydroxylation is 1. The summed E-state index contributed by atoms with van der Waals surface area (Å²) in [6, 6.07) is 0. The van der Waals surface area contributed by atoms with Gasteiger partial charge in [-0.3, -0.25) is 0 Å². The highest BCUT2D eigenvalue weighted by molar-refractivity contribution is 14.1. The molecule has 0 aliphatic rings. The van der Waals surface area contributed by atoms with E-state index in [0.717, 1.165) is 8.96 Å². The Labute approximate surface area is 93.5 Å². The third kappa shape index (κ3) is 1.43. The second-order valence-corrected chi connectivity index (χ2v) is 3.98. The molecular formula is C8H8FIN4. The standard InChI is InChI=1S/C8H8FIN4/c9-1-2-14-3-5(10)6-7(11)12-4-13-8(6)14/h3-4H,1-2H2,(H2,11,12,13). The first-order chi connectivity index (χ1) is 6.74. The molecule has 14 heavy (non-hydrogen) atoms. The summed E-state index contributed by atoms with van der Waals surface area (Å²) in [4.78, 5) is 7.98. The summed E-state index contributed by atoms with van der Waals surface area (Å²) in [7, 11) is 0. The molecule has 2 N–H and O–H groups in total. The van der Waals surface area contributed by atoms with E-state index in [1.165, 1.54) is 6.33 Å². The SMILES string of the molecule is Nc1ncnc2c1c(I)cn2CCF. The lowest BCUT2D eigenvalue weighted by Gasteiger charge is -1.99. The lowest BCUT2D eigenvalue weighted by atomic mass is 10.4. The fourth-order valence-corrected chi connectivity index (χ4v) is 2.21. The number of nitrogens with zero attached hydrogens (tertiary/aromatic N) is 3. The second-order valence-electron chi connectivity index (χ2n) is 2.82. The first-order valence-electron chi connectivity index (χ1n) is 4.05. The Hall–Kier alpha value is -0.920. The molecule has 0 radical (unpaired) electrons. The summed E-state index contributed by atoms with van der Waals surface area (Å²) < 4.78 is 14.9. The van der Waals surface area contributed by atoms with Crippen LogP contribution >= 0.6 is 22.6 Å². The Morgan fingerprint density at radius 1 is 1.50 bits per heavy atom. The average molecular weight is 306 g/mol. The van der Waals surface area contributed by atoms with Crippen LogP contribution in [0.2, 0.25) is 0 Å². The van der Waals surface area contributed by atoms with Crippen LogP contribution in [0.5, 0.6) is 0 Å². The number of hydrogen-bond donors (Lipinski definition) is 1. The van der Waals surface area contributed by atoms with Gasteiger partial charge in [-0.1, -0.05) is 0 Å². The van der Waals surface area contributed by atoms with Crippen molar-refractivity contribution in [3.8, 4) is 0 Å². The topological polar surface area (TPSA) is 56.7 Å². The molecular weight excluding hydrogens is 298 g/mol. The molecule has 0 spiro atoms. The van der Waals surface area contributed by atoms with E-state index in [1.807, 2.05) is 6.20 Å². The predicted octanol–water partition coefficient (Wildman–Crippen LogP) is 1.59. The minimum Gasteiger partial charge on any atom is -0.383 e. The first kappa shape index (κ1) is 9.63. The van der Waals surface area contributed by atoms with Crippen LogP contribution in [0.3, 0.4) is 0 Å². The van der Waals surface area contributed by atoms with Gasteiger partial charge in [-0.2, -0.15) is 0 Å². The number of rotatable bonds is 2. The number of aromatic nitrogens is 3. The molecule has 2 aromatic rings. The van der Waals surface area contributed by atoms with Gasteiger partial charge in [0, 0.05) is 9.77 Å². The van der Waals surface area contributed by atoms with E-state index in [9.17, 15) is 4.39 Å². The molecule has 0 aliphatic carbocycles. The smallest absolute Gasteiger partial charge is 0.146 e. The maximum Gasteiger partial charge on any atom is 0.146 e. The highest BCUT2D eigenvalue weighted by Gasteiger charge is 2.10. The van der Waals surface area contributed by atoms with Crippen molar-refractivity contribution in [1.29, 1.82) is 0 Å². The van der Waals surface area contributed by atoms with Gasteiger partial charge in [0.05, 0.1) is 11.9 Å². The van der Waals surface area contributed by atoms with Crippen LogP contribution in [0.25, 0.3) is 11.0 Å². The number of hydrogen-bond acceptors (Lipinski definition) is 3. The maximum atomic E-state index is 12.2. The van der Waals surface area contributed by atoms with Crippen molar-refractivity contribution in [2.75, 3.05) is 12.4 Å². The first-order valence-corrected chi connectivity index (χ1v) is 5.12. The molecule has 74 valence electrons. The van der Waals surface area contributed by atoms with Gasteiger partial charge in [0.15, 0.2) is 0 Å². The summed E-state index contributed by atoms with van der Waals surface area (Å²) in [5.74, 6) is 0.442. The van der Waals surface area contributed by atoms with Gasteiger partial charge in [0.2, 0.25) is 0 Å². The molecule has 0 atom stereocenters. The number of fused-ring (bicyclic) bond motifs is 1. The Kier molecular flexibility index (Phi) is 2.53. The van der Waals surface area contributed by atoms with Gasteiger partial charge in [-0.25, -0.2) is 14.4 Å². The lowest BCUT2D eigenvalue weighted by Crippen LogP contribution is -2.00. The van der Waals surface area contributed by atoms with E-state index in [2.05, 4.69) is 32.6 Å². The Morgan fingerprint density at radius 2 is 2.29 bits per heavy atom. The molecule has 6 heteroatoms. The lowest BCUT2D eigenvalue weighted by molar-refractivity contribution is 0.450. The number of alkyl halides is 1. The molecule has 0 unspecified atom stereocenters. The second kappa shape index (κ2) is 3.68. The summed E-state index contributed by atoms with van der Waals surface area (Å²) in [6.07, 6.45) is 3.22. The molecule has 0 aliphatic heterocycles. The van der Waals surface area contributed by atoms with Gasteiger partial charge in [-0.15, -0.1) is 0 Å². The van der Waals surface area contributed by atoms with E-state index < -0.39 is 6.67 Å². The van der Waals surface area contributed by atoms with Crippen molar-refractivity contribution >= 4 is 39.4 Å². The van der Waals surface area contributed by atoms with Crippen LogP contribution in [0.1, 0.15) is 0 Å². The van der Waals surface area contributed by atoms with Crippen molar-refractivity contribution in [2.45, 2.75) is 6.54 Å². The van der Waals surface area contributed by atoms with Crippen LogP contribution in [-0.4, -0.2) is 21.2 Å². The average Bonchev–Trinajstić information content (AvgIpc) is 2.46. The highest BCUT2D eigenvalue weighted by Crippen LogP contribution is 2.24. The molecule has 0 saturated carbocycles. The minimum absolute atomic E-state index is 0.302. The zero-order valence-corrected chi connectivity index (χ0v) is 9.40. The van der Waals surface area contributed by atoms with Gasteiger partial charge < -0.3 is 10.3 Å². The van der Waals surface area contributed by atoms with E-state index in [1.54, 1.807) is 4.57 Å². The molecule has 0 saturated heterocycles. The normalized spacial score (nSPS) is 11.0. The summed E-state index contributed by atoms with van der Waals surface area (Å²) in [5, 5.41) is 0.807. The van der Waals surface area contributed by atoms with Crippen LogP contribution in [0.4, 0.5) is 10.2 Å². The van der Waals surface area contributed by atoms with E-state index >= 15 is 0 Å². The van der Waals surface area contributed by atoms with Crippen molar-refractivity contribution in [2.24, 2.45) is 0 Å². The summed E-state index contributed by atoms with van der Waals surface area (Å²) in [6.45, 7) is -0.111.